The Morgan fingerprint density at radius 2 is 1.47 bits per heavy atom. The van der Waals surface area contributed by atoms with Gasteiger partial charge in [-0.2, -0.15) is 15.0 Å². The summed E-state index contributed by atoms with van der Waals surface area (Å²) in [5.74, 6) is 0.419. The van der Waals surface area contributed by atoms with E-state index >= 15 is 0 Å². The lowest BCUT2D eigenvalue weighted by Crippen LogP contribution is -2.02. The molecule has 8 heteroatoms. The zero-order valence-electron chi connectivity index (χ0n) is 11.0. The van der Waals surface area contributed by atoms with Crippen LogP contribution in [0.3, 0.4) is 0 Å². The molecule has 0 aromatic carbocycles. The summed E-state index contributed by atoms with van der Waals surface area (Å²) < 4.78 is 0. The standard InChI is InChI=1S/C11H13ClN6S/c1-5-6(2)14-10(15-7(5)3)19-11-17-8(12)16-9(13-4)18-11/h1-4H3,(H,13,16,17,18). The van der Waals surface area contributed by atoms with Crippen molar-refractivity contribution >= 4 is 29.3 Å². The van der Waals surface area contributed by atoms with E-state index in [0.717, 1.165) is 17.0 Å². The van der Waals surface area contributed by atoms with Crippen molar-refractivity contribution in [2.24, 2.45) is 0 Å². The summed E-state index contributed by atoms with van der Waals surface area (Å²) in [7, 11) is 1.72. The fraction of sp³-hybridized carbons (Fsp3) is 0.364. The molecule has 0 aliphatic heterocycles. The highest BCUT2D eigenvalue weighted by atomic mass is 35.5. The Labute approximate surface area is 120 Å². The van der Waals surface area contributed by atoms with Gasteiger partial charge in [-0.3, -0.25) is 0 Å². The average Bonchev–Trinajstić information content (AvgIpc) is 2.35. The van der Waals surface area contributed by atoms with Gasteiger partial charge in [0.2, 0.25) is 16.4 Å². The molecule has 19 heavy (non-hydrogen) atoms. The molecular formula is C11H13ClN6S. The molecule has 0 saturated heterocycles. The highest BCUT2D eigenvalue weighted by molar-refractivity contribution is 7.99. The number of hydrogen-bond donors (Lipinski definition) is 1. The minimum Gasteiger partial charge on any atom is -0.357 e. The van der Waals surface area contributed by atoms with Crippen molar-refractivity contribution in [3.63, 3.8) is 0 Å². The summed E-state index contributed by atoms with van der Waals surface area (Å²) in [4.78, 5) is 21.0. The van der Waals surface area contributed by atoms with E-state index < -0.39 is 0 Å². The third-order valence-electron chi connectivity index (χ3n) is 2.61. The number of aromatic nitrogens is 5. The van der Waals surface area contributed by atoms with Crippen molar-refractivity contribution in [1.82, 2.24) is 24.9 Å². The number of nitrogens with one attached hydrogen (secondary N) is 1. The van der Waals surface area contributed by atoms with Gasteiger partial charge in [-0.1, -0.05) is 0 Å². The fourth-order valence-electron chi connectivity index (χ4n) is 1.36. The maximum absolute atomic E-state index is 5.83. The van der Waals surface area contributed by atoms with Crippen molar-refractivity contribution in [2.75, 3.05) is 12.4 Å². The second-order valence-electron chi connectivity index (χ2n) is 3.86. The molecule has 2 heterocycles. The monoisotopic (exact) mass is 296 g/mol. The molecule has 2 aromatic rings. The molecule has 100 valence electrons. The molecule has 0 spiro atoms. The molecule has 0 unspecified atom stereocenters. The van der Waals surface area contributed by atoms with Crippen LogP contribution in [0.5, 0.6) is 0 Å². The lowest BCUT2D eigenvalue weighted by Gasteiger charge is -2.06. The van der Waals surface area contributed by atoms with Crippen LogP contribution in [-0.2, 0) is 0 Å². The van der Waals surface area contributed by atoms with Crippen LogP contribution in [-0.4, -0.2) is 32.0 Å². The van der Waals surface area contributed by atoms with E-state index in [4.69, 9.17) is 11.6 Å². The Morgan fingerprint density at radius 1 is 0.895 bits per heavy atom. The van der Waals surface area contributed by atoms with Crippen molar-refractivity contribution in [2.45, 2.75) is 31.1 Å². The molecule has 0 aliphatic rings. The van der Waals surface area contributed by atoms with Crippen molar-refractivity contribution < 1.29 is 0 Å². The summed E-state index contributed by atoms with van der Waals surface area (Å²) in [6, 6.07) is 0. The summed E-state index contributed by atoms with van der Waals surface area (Å²) in [6.45, 7) is 5.90. The largest absolute Gasteiger partial charge is 0.357 e. The highest BCUT2D eigenvalue weighted by Gasteiger charge is 2.10. The van der Waals surface area contributed by atoms with Crippen LogP contribution >= 0.6 is 23.4 Å². The third-order valence-corrected chi connectivity index (χ3v) is 3.51. The third kappa shape index (κ3) is 3.30. The first-order chi connectivity index (χ1) is 8.99. The van der Waals surface area contributed by atoms with Gasteiger partial charge in [0.1, 0.15) is 0 Å². The minimum atomic E-state index is 0.141. The topological polar surface area (TPSA) is 76.5 Å². The van der Waals surface area contributed by atoms with Crippen LogP contribution in [0.15, 0.2) is 10.3 Å². The number of halogens is 1. The molecule has 0 fully saturated rings. The second-order valence-corrected chi connectivity index (χ2v) is 5.14. The number of anilines is 1. The molecule has 6 nitrogen and oxygen atoms in total. The van der Waals surface area contributed by atoms with Crippen molar-refractivity contribution in [3.8, 4) is 0 Å². The summed E-state index contributed by atoms with van der Waals surface area (Å²) in [5, 5.41) is 4.03. The highest BCUT2D eigenvalue weighted by Crippen LogP contribution is 2.24. The SMILES string of the molecule is CNc1nc(Cl)nc(Sc2nc(C)c(C)c(C)n2)n1. The quantitative estimate of drug-likeness (QED) is 0.872. The number of hydrogen-bond acceptors (Lipinski definition) is 7. The molecular weight excluding hydrogens is 284 g/mol. The van der Waals surface area contributed by atoms with Gasteiger partial charge in [0.05, 0.1) is 0 Å². The predicted molar refractivity (Wildman–Crippen MR) is 74.7 cm³/mol. The summed E-state index contributed by atoms with van der Waals surface area (Å²) in [5.41, 5.74) is 2.99. The van der Waals surface area contributed by atoms with E-state index in [1.165, 1.54) is 11.8 Å². The van der Waals surface area contributed by atoms with Gasteiger partial charge in [-0.25, -0.2) is 9.97 Å². The van der Waals surface area contributed by atoms with E-state index in [0.29, 0.717) is 16.3 Å². The molecule has 0 aliphatic carbocycles. The zero-order valence-corrected chi connectivity index (χ0v) is 12.6. The van der Waals surface area contributed by atoms with Crippen LogP contribution in [0.1, 0.15) is 17.0 Å². The van der Waals surface area contributed by atoms with E-state index in [1.54, 1.807) is 7.05 Å². The van der Waals surface area contributed by atoms with Gasteiger partial charge >= 0.3 is 0 Å². The van der Waals surface area contributed by atoms with Gasteiger partial charge in [-0.15, -0.1) is 0 Å². The Hall–Kier alpha value is -1.47. The van der Waals surface area contributed by atoms with Crippen molar-refractivity contribution in [1.29, 1.82) is 0 Å². The minimum absolute atomic E-state index is 0.141. The number of nitrogens with zero attached hydrogens (tertiary/aromatic N) is 5. The summed E-state index contributed by atoms with van der Waals surface area (Å²) in [6.07, 6.45) is 0. The maximum Gasteiger partial charge on any atom is 0.228 e. The number of aryl methyl sites for hydroxylation is 2. The van der Waals surface area contributed by atoms with E-state index in [2.05, 4.69) is 30.2 Å². The van der Waals surface area contributed by atoms with E-state index in [9.17, 15) is 0 Å². The Bertz CT molecular complexity index is 595. The van der Waals surface area contributed by atoms with Crippen LogP contribution in [0.4, 0.5) is 5.95 Å². The molecule has 2 rings (SSSR count). The molecule has 0 bridgehead atoms. The summed E-state index contributed by atoms with van der Waals surface area (Å²) >= 11 is 7.09. The van der Waals surface area contributed by atoms with Crippen LogP contribution < -0.4 is 5.32 Å². The first-order valence-electron chi connectivity index (χ1n) is 5.58. The molecule has 1 N–H and O–H groups in total. The Balaban J connectivity index is 2.33. The van der Waals surface area contributed by atoms with Gasteiger partial charge in [0.25, 0.3) is 0 Å². The van der Waals surface area contributed by atoms with Gasteiger partial charge in [0, 0.05) is 18.4 Å². The maximum atomic E-state index is 5.83. The average molecular weight is 297 g/mol. The lowest BCUT2D eigenvalue weighted by molar-refractivity contribution is 0.861. The van der Waals surface area contributed by atoms with Crippen molar-refractivity contribution in [3.05, 3.63) is 22.2 Å². The smallest absolute Gasteiger partial charge is 0.228 e. The molecule has 0 radical (unpaired) electrons. The van der Waals surface area contributed by atoms with Crippen LogP contribution in [0, 0.1) is 20.8 Å². The van der Waals surface area contributed by atoms with Crippen LogP contribution in [0.2, 0.25) is 5.28 Å². The van der Waals surface area contributed by atoms with Gasteiger partial charge in [0.15, 0.2) is 5.16 Å². The van der Waals surface area contributed by atoms with E-state index in [-0.39, 0.29) is 5.28 Å². The second kappa shape index (κ2) is 5.66. The number of rotatable bonds is 3. The zero-order chi connectivity index (χ0) is 14.0. The first-order valence-corrected chi connectivity index (χ1v) is 6.78. The molecule has 0 amide bonds. The van der Waals surface area contributed by atoms with Gasteiger partial charge < -0.3 is 5.32 Å². The van der Waals surface area contributed by atoms with E-state index in [1.807, 2.05) is 20.8 Å². The fourth-order valence-corrected chi connectivity index (χ4v) is 2.36. The Morgan fingerprint density at radius 3 is 2.05 bits per heavy atom. The molecule has 0 saturated carbocycles. The molecule has 2 aromatic heterocycles. The van der Waals surface area contributed by atoms with Crippen LogP contribution in [0.25, 0.3) is 0 Å². The predicted octanol–water partition coefficient (Wildman–Crippen LogP) is 2.43. The Kier molecular flexibility index (Phi) is 4.16. The van der Waals surface area contributed by atoms with Gasteiger partial charge in [-0.05, 0) is 49.7 Å². The molecule has 0 atom stereocenters. The lowest BCUT2D eigenvalue weighted by atomic mass is 10.2. The first kappa shape index (κ1) is 14.0. The normalized spacial score (nSPS) is 10.6.